The highest BCUT2D eigenvalue weighted by atomic mass is 16.2. The molecule has 1 amide bonds. The second-order valence-electron chi connectivity index (χ2n) is 8.19. The van der Waals surface area contributed by atoms with Crippen molar-refractivity contribution in [3.8, 4) is 0 Å². The van der Waals surface area contributed by atoms with Crippen LogP contribution in [-0.4, -0.2) is 61.0 Å². The molecule has 2 heterocycles. The van der Waals surface area contributed by atoms with Crippen LogP contribution in [0.1, 0.15) is 38.5 Å². The number of hydrogen-bond acceptors (Lipinski definition) is 3. The van der Waals surface area contributed by atoms with Crippen LogP contribution < -0.4 is 4.90 Å². The Balaban J connectivity index is 1.25. The Morgan fingerprint density at radius 1 is 0.889 bits per heavy atom. The number of carbonyl (C=O) groups is 1. The number of amides is 1. The lowest BCUT2D eigenvalue weighted by Gasteiger charge is -2.40. The normalized spacial score (nSPS) is 22.8. The van der Waals surface area contributed by atoms with Crippen molar-refractivity contribution in [1.82, 2.24) is 9.80 Å². The van der Waals surface area contributed by atoms with Gasteiger partial charge < -0.3 is 9.80 Å². The third-order valence-electron chi connectivity index (χ3n) is 6.66. The molecule has 1 aromatic carbocycles. The van der Waals surface area contributed by atoms with E-state index in [0.29, 0.717) is 11.6 Å². The Bertz CT molecular complexity index is 673. The number of nitrogens with zero attached hydrogens (tertiary/aromatic N) is 4. The van der Waals surface area contributed by atoms with Crippen LogP contribution in [0.15, 0.2) is 24.3 Å². The number of benzene rings is 1. The fourth-order valence-corrected chi connectivity index (χ4v) is 4.96. The molecule has 3 aliphatic rings. The van der Waals surface area contributed by atoms with E-state index in [1.54, 1.807) is 0 Å². The Labute approximate surface area is 162 Å². The Morgan fingerprint density at radius 2 is 1.52 bits per heavy atom. The molecule has 27 heavy (non-hydrogen) atoms. The largest absolute Gasteiger partial charge is 0.372 e. The van der Waals surface area contributed by atoms with Gasteiger partial charge in [-0.1, -0.05) is 25.0 Å². The summed E-state index contributed by atoms with van der Waals surface area (Å²) in [6.45, 7) is 12.8. The fourth-order valence-electron chi connectivity index (χ4n) is 4.96. The van der Waals surface area contributed by atoms with Gasteiger partial charge in [0.2, 0.25) is 5.91 Å². The molecule has 4 rings (SSSR count). The minimum absolute atomic E-state index is 0.182. The van der Waals surface area contributed by atoms with Gasteiger partial charge in [0.25, 0.3) is 0 Å². The molecule has 144 valence electrons. The molecule has 1 aromatic rings. The van der Waals surface area contributed by atoms with Crippen molar-refractivity contribution in [3.05, 3.63) is 35.7 Å². The van der Waals surface area contributed by atoms with Crippen LogP contribution in [0.4, 0.5) is 11.4 Å². The summed E-state index contributed by atoms with van der Waals surface area (Å²) in [6, 6.07) is 8.59. The summed E-state index contributed by atoms with van der Waals surface area (Å²) in [6.07, 6.45) is 7.33. The van der Waals surface area contributed by atoms with E-state index >= 15 is 0 Å². The minimum Gasteiger partial charge on any atom is -0.372 e. The van der Waals surface area contributed by atoms with Gasteiger partial charge in [-0.25, -0.2) is 4.85 Å². The van der Waals surface area contributed by atoms with Gasteiger partial charge in [-0.3, -0.25) is 9.69 Å². The molecular formula is C22H30N4O. The van der Waals surface area contributed by atoms with Crippen molar-refractivity contribution in [2.24, 2.45) is 5.92 Å². The maximum atomic E-state index is 13.0. The molecule has 3 fully saturated rings. The number of piperidine rings is 1. The monoisotopic (exact) mass is 366 g/mol. The van der Waals surface area contributed by atoms with Crippen molar-refractivity contribution >= 4 is 17.3 Å². The van der Waals surface area contributed by atoms with Gasteiger partial charge in [0.1, 0.15) is 0 Å². The number of carbonyl (C=O) groups excluding carboxylic acids is 1. The second-order valence-corrected chi connectivity index (χ2v) is 8.19. The molecule has 0 N–H and O–H groups in total. The first kappa shape index (κ1) is 18.3. The zero-order valence-electron chi connectivity index (χ0n) is 16.1. The summed E-state index contributed by atoms with van der Waals surface area (Å²) in [5, 5.41) is 0. The smallest absolute Gasteiger partial charge is 0.225 e. The molecule has 0 aromatic heterocycles. The van der Waals surface area contributed by atoms with Crippen LogP contribution in [-0.2, 0) is 4.79 Å². The van der Waals surface area contributed by atoms with E-state index in [-0.39, 0.29) is 5.92 Å². The molecule has 0 radical (unpaired) electrons. The van der Waals surface area contributed by atoms with Crippen molar-refractivity contribution in [2.45, 2.75) is 44.6 Å². The average Bonchev–Trinajstić information content (AvgIpc) is 3.28. The van der Waals surface area contributed by atoms with Crippen molar-refractivity contribution in [1.29, 1.82) is 0 Å². The zero-order chi connectivity index (χ0) is 18.6. The lowest BCUT2D eigenvalue weighted by molar-refractivity contribution is -0.138. The van der Waals surface area contributed by atoms with E-state index in [1.165, 1.54) is 31.4 Å². The molecule has 1 aliphatic carbocycles. The lowest BCUT2D eigenvalue weighted by atomic mass is 9.94. The molecule has 5 nitrogen and oxygen atoms in total. The molecule has 0 spiro atoms. The summed E-state index contributed by atoms with van der Waals surface area (Å²) >= 11 is 0. The highest BCUT2D eigenvalue weighted by Crippen LogP contribution is 2.28. The molecule has 0 bridgehead atoms. The fraction of sp³-hybridized carbons (Fsp3) is 0.636. The van der Waals surface area contributed by atoms with Gasteiger partial charge in [0, 0.05) is 56.9 Å². The van der Waals surface area contributed by atoms with E-state index in [9.17, 15) is 4.79 Å². The average molecular weight is 367 g/mol. The Morgan fingerprint density at radius 3 is 2.11 bits per heavy atom. The SMILES string of the molecule is [C-]#[N+]c1ccc(N2CCC(C(=O)N3CCN(C4CCCC4)CC3)CC2)cc1. The summed E-state index contributed by atoms with van der Waals surface area (Å²) in [5.74, 6) is 0.561. The molecule has 5 heteroatoms. The molecular weight excluding hydrogens is 336 g/mol. The molecule has 0 unspecified atom stereocenters. The van der Waals surface area contributed by atoms with Gasteiger partial charge in [-0.15, -0.1) is 0 Å². The highest BCUT2D eigenvalue weighted by molar-refractivity contribution is 5.79. The Hall–Kier alpha value is -2.06. The first-order chi connectivity index (χ1) is 13.2. The number of hydrogen-bond donors (Lipinski definition) is 0. The van der Waals surface area contributed by atoms with Gasteiger partial charge in [0.05, 0.1) is 6.57 Å². The van der Waals surface area contributed by atoms with Crippen LogP contribution in [0.25, 0.3) is 4.85 Å². The molecule has 1 saturated carbocycles. The lowest BCUT2D eigenvalue weighted by Crippen LogP contribution is -2.53. The second kappa shape index (κ2) is 8.31. The number of anilines is 1. The first-order valence-electron chi connectivity index (χ1n) is 10.5. The quantitative estimate of drug-likeness (QED) is 0.767. The van der Waals surface area contributed by atoms with Gasteiger partial charge in [0.15, 0.2) is 5.69 Å². The van der Waals surface area contributed by atoms with Crippen LogP contribution in [0.5, 0.6) is 0 Å². The maximum Gasteiger partial charge on any atom is 0.225 e. The van der Waals surface area contributed by atoms with E-state index in [2.05, 4.69) is 19.5 Å². The highest BCUT2D eigenvalue weighted by Gasteiger charge is 2.32. The Kier molecular flexibility index (Phi) is 5.63. The molecule has 2 aliphatic heterocycles. The standard InChI is InChI=1S/C22H30N4O/c1-23-19-6-8-21(9-7-19)24-12-10-18(11-13-24)22(27)26-16-14-25(15-17-26)20-4-2-3-5-20/h6-9,18,20H,2-5,10-17H2. The van der Waals surface area contributed by atoms with Crippen molar-refractivity contribution in [2.75, 3.05) is 44.2 Å². The summed E-state index contributed by atoms with van der Waals surface area (Å²) in [4.78, 5) is 23.5. The van der Waals surface area contributed by atoms with Crippen molar-refractivity contribution in [3.63, 3.8) is 0 Å². The summed E-state index contributed by atoms with van der Waals surface area (Å²) in [5.41, 5.74) is 1.85. The molecule has 0 atom stereocenters. The third kappa shape index (κ3) is 4.11. The number of piperazine rings is 1. The predicted octanol–water partition coefficient (Wildman–Crippen LogP) is 3.54. The van der Waals surface area contributed by atoms with E-state index < -0.39 is 0 Å². The van der Waals surface area contributed by atoms with Crippen LogP contribution in [0.3, 0.4) is 0 Å². The van der Waals surface area contributed by atoms with Gasteiger partial charge >= 0.3 is 0 Å². The van der Waals surface area contributed by atoms with E-state index in [4.69, 9.17) is 6.57 Å². The maximum absolute atomic E-state index is 13.0. The number of rotatable bonds is 3. The van der Waals surface area contributed by atoms with Crippen LogP contribution >= 0.6 is 0 Å². The van der Waals surface area contributed by atoms with Crippen molar-refractivity contribution < 1.29 is 4.79 Å². The third-order valence-corrected chi connectivity index (χ3v) is 6.66. The zero-order valence-corrected chi connectivity index (χ0v) is 16.1. The molecule has 2 saturated heterocycles. The van der Waals surface area contributed by atoms with E-state index in [0.717, 1.165) is 58.2 Å². The van der Waals surface area contributed by atoms with Crippen LogP contribution in [0, 0.1) is 12.5 Å². The predicted molar refractivity (Wildman–Crippen MR) is 108 cm³/mol. The van der Waals surface area contributed by atoms with Gasteiger partial charge in [-0.05, 0) is 37.8 Å². The topological polar surface area (TPSA) is 31.2 Å². The summed E-state index contributed by atoms with van der Waals surface area (Å²) in [7, 11) is 0. The first-order valence-corrected chi connectivity index (χ1v) is 10.5. The summed E-state index contributed by atoms with van der Waals surface area (Å²) < 4.78 is 0. The van der Waals surface area contributed by atoms with Gasteiger partial charge in [-0.2, -0.15) is 0 Å². The van der Waals surface area contributed by atoms with E-state index in [1.807, 2.05) is 24.3 Å². The van der Waals surface area contributed by atoms with Crippen LogP contribution in [0.2, 0.25) is 0 Å². The minimum atomic E-state index is 0.182.